The Balaban J connectivity index is 2.03. The minimum Gasteiger partial charge on any atom is -0.459 e. The number of esters is 4. The zero-order chi connectivity index (χ0) is 32.2. The first-order valence-electron chi connectivity index (χ1n) is 14.2. The Morgan fingerprint density at radius 1 is 0.977 bits per heavy atom. The maximum absolute atomic E-state index is 16.6. The normalized spacial score (nSPS) is 25.7. The molecule has 0 aliphatic carbocycles. The molecule has 2 saturated heterocycles. The number of rotatable bonds is 11. The summed E-state index contributed by atoms with van der Waals surface area (Å²) in [5.74, 6) is -8.27. The number of carbonyl (C=O) groups excluding carboxylic acids is 4. The molecule has 0 unspecified atom stereocenters. The molecule has 2 aliphatic rings. The van der Waals surface area contributed by atoms with E-state index < -0.39 is 96.6 Å². The van der Waals surface area contributed by atoms with E-state index in [2.05, 4.69) is 0 Å². The number of likely N-dealkylation sites (N-methyl/N-ethyl adjacent to an activating group) is 1. The minimum atomic E-state index is -3.07. The van der Waals surface area contributed by atoms with Crippen molar-refractivity contribution in [1.82, 2.24) is 14.0 Å². The smallest absolute Gasteiger partial charge is 0.336 e. The van der Waals surface area contributed by atoms with Crippen molar-refractivity contribution < 1.29 is 47.3 Å². The number of aromatic nitrogens is 2. The van der Waals surface area contributed by atoms with Crippen molar-refractivity contribution in [3.05, 3.63) is 33.1 Å². The largest absolute Gasteiger partial charge is 0.459 e. The molecule has 1 aromatic rings. The zero-order valence-electron chi connectivity index (χ0n) is 25.4. The average Bonchev–Trinajstić information content (AvgIpc) is 3.48. The molecule has 2 aliphatic heterocycles. The first kappa shape index (κ1) is 33.9. The van der Waals surface area contributed by atoms with Crippen LogP contribution < -0.4 is 11.2 Å². The Morgan fingerprint density at radius 3 is 2.14 bits per heavy atom. The van der Waals surface area contributed by atoms with Gasteiger partial charge in [-0.25, -0.2) is 13.8 Å². The van der Waals surface area contributed by atoms with Gasteiger partial charge in [0.2, 0.25) is 6.10 Å². The van der Waals surface area contributed by atoms with Gasteiger partial charge in [0.05, 0.1) is 17.8 Å². The van der Waals surface area contributed by atoms with Crippen molar-refractivity contribution in [1.29, 1.82) is 0 Å². The lowest BCUT2D eigenvalue weighted by atomic mass is 10.1. The van der Waals surface area contributed by atoms with Gasteiger partial charge in [-0.3, -0.25) is 33.4 Å². The van der Waals surface area contributed by atoms with Crippen LogP contribution in [0.4, 0.5) is 4.39 Å². The molecule has 0 radical (unpaired) electrons. The Hall–Kier alpha value is -3.59. The number of carbonyl (C=O) groups is 4. The summed E-state index contributed by atoms with van der Waals surface area (Å²) < 4.78 is 44.8. The fraction of sp³-hybridized carbons (Fsp3) is 0.714. The van der Waals surface area contributed by atoms with E-state index in [0.29, 0.717) is 17.5 Å². The molecule has 240 valence electrons. The van der Waals surface area contributed by atoms with Crippen molar-refractivity contribution in [2.75, 3.05) is 20.2 Å². The first-order valence-corrected chi connectivity index (χ1v) is 14.2. The molecule has 0 aromatic carbocycles. The van der Waals surface area contributed by atoms with E-state index in [4.69, 9.17) is 23.7 Å². The van der Waals surface area contributed by atoms with Gasteiger partial charge in [0.1, 0.15) is 6.04 Å². The third-order valence-electron chi connectivity index (χ3n) is 7.14. The van der Waals surface area contributed by atoms with Crippen molar-refractivity contribution in [2.45, 2.75) is 91.4 Å². The van der Waals surface area contributed by atoms with E-state index in [0.717, 1.165) is 23.3 Å². The molecule has 3 rings (SSSR count). The second-order valence-electron chi connectivity index (χ2n) is 11.6. The molecule has 14 nitrogen and oxygen atoms in total. The SMILES string of the molecule is CC(C)C(=O)OC[C@@]1(F)O[C@@H](n2ccc(=O)n(COC(=O)[C@@H]3CCCN3C)c2=O)[C@H](OC(=O)C(C)C)[C@@H]1OC(=O)C(C)C. The molecule has 0 saturated carbocycles. The summed E-state index contributed by atoms with van der Waals surface area (Å²) in [4.78, 5) is 78.1. The van der Waals surface area contributed by atoms with Gasteiger partial charge in [-0.2, -0.15) is 0 Å². The van der Waals surface area contributed by atoms with Crippen LogP contribution in [0.5, 0.6) is 0 Å². The van der Waals surface area contributed by atoms with Crippen LogP contribution in [-0.4, -0.2) is 82.2 Å². The van der Waals surface area contributed by atoms with Crippen LogP contribution >= 0.6 is 0 Å². The predicted octanol–water partition coefficient (Wildman–Crippen LogP) is 1.13. The molecular weight excluding hydrogens is 573 g/mol. The quantitative estimate of drug-likeness (QED) is 0.259. The number of hydrogen-bond donors (Lipinski definition) is 0. The number of ether oxygens (including phenoxy) is 5. The molecule has 43 heavy (non-hydrogen) atoms. The predicted molar refractivity (Wildman–Crippen MR) is 146 cm³/mol. The van der Waals surface area contributed by atoms with Crippen LogP contribution in [-0.2, 0) is 49.6 Å². The van der Waals surface area contributed by atoms with E-state index in [9.17, 15) is 28.8 Å². The van der Waals surface area contributed by atoms with Crippen molar-refractivity contribution in [3.63, 3.8) is 0 Å². The summed E-state index contributed by atoms with van der Waals surface area (Å²) in [7, 11) is 1.75. The van der Waals surface area contributed by atoms with Gasteiger partial charge in [0.25, 0.3) is 11.4 Å². The third-order valence-corrected chi connectivity index (χ3v) is 7.14. The van der Waals surface area contributed by atoms with Gasteiger partial charge in [-0.1, -0.05) is 41.5 Å². The highest BCUT2D eigenvalue weighted by Crippen LogP contribution is 2.42. The maximum Gasteiger partial charge on any atom is 0.336 e. The molecule has 15 heteroatoms. The summed E-state index contributed by atoms with van der Waals surface area (Å²) in [5.41, 5.74) is -1.92. The molecule has 5 atom stereocenters. The standard InChI is InChI=1S/C28H40FN3O11/c1-15(2)23(34)39-13-28(29)21(42-25(36)17(5)6)20(41-24(35)16(3)4)22(43-28)31-12-10-19(33)32(27(31)38)14-40-26(37)18-9-8-11-30(18)7/h10,12,15-18,20-22H,8-9,11,13-14H2,1-7H3/t18-,20+,21-,22+,28+/m0/s1. The number of alkyl halides is 1. The molecule has 0 N–H and O–H groups in total. The van der Waals surface area contributed by atoms with Crippen molar-refractivity contribution in [3.8, 4) is 0 Å². The Kier molecular flexibility index (Phi) is 10.9. The monoisotopic (exact) mass is 613 g/mol. The highest BCUT2D eigenvalue weighted by atomic mass is 19.2. The number of likely N-dealkylation sites (tertiary alicyclic amines) is 1. The molecular formula is C28H40FN3O11. The van der Waals surface area contributed by atoms with E-state index in [1.54, 1.807) is 11.9 Å². The number of hydrogen-bond acceptors (Lipinski definition) is 12. The van der Waals surface area contributed by atoms with Crippen molar-refractivity contribution in [2.24, 2.45) is 17.8 Å². The Morgan fingerprint density at radius 2 is 1.58 bits per heavy atom. The maximum atomic E-state index is 16.6. The summed E-state index contributed by atoms with van der Waals surface area (Å²) in [6.07, 6.45) is -3.19. The second-order valence-corrected chi connectivity index (χ2v) is 11.6. The van der Waals surface area contributed by atoms with Crippen LogP contribution in [0, 0.1) is 17.8 Å². The van der Waals surface area contributed by atoms with Crippen LogP contribution in [0.2, 0.25) is 0 Å². The molecule has 0 amide bonds. The number of nitrogens with zero attached hydrogens (tertiary/aromatic N) is 3. The molecule has 2 fully saturated rings. The highest BCUT2D eigenvalue weighted by molar-refractivity contribution is 5.76. The lowest BCUT2D eigenvalue weighted by molar-refractivity contribution is -0.226. The summed E-state index contributed by atoms with van der Waals surface area (Å²) in [6.45, 7) is 7.94. The molecule has 1 aromatic heterocycles. The van der Waals surface area contributed by atoms with Crippen LogP contribution in [0.1, 0.15) is 60.6 Å². The van der Waals surface area contributed by atoms with E-state index in [1.165, 1.54) is 41.5 Å². The lowest BCUT2D eigenvalue weighted by Crippen LogP contribution is -2.49. The van der Waals surface area contributed by atoms with Gasteiger partial charge < -0.3 is 23.7 Å². The highest BCUT2D eigenvalue weighted by Gasteiger charge is 2.62. The molecule has 0 bridgehead atoms. The van der Waals surface area contributed by atoms with Gasteiger partial charge >= 0.3 is 29.6 Å². The molecule has 3 heterocycles. The zero-order valence-corrected chi connectivity index (χ0v) is 25.4. The van der Waals surface area contributed by atoms with Gasteiger partial charge in [-0.15, -0.1) is 0 Å². The average molecular weight is 614 g/mol. The summed E-state index contributed by atoms with van der Waals surface area (Å²) in [5, 5.41) is 0. The fourth-order valence-corrected chi connectivity index (χ4v) is 4.48. The second kappa shape index (κ2) is 13.8. The summed E-state index contributed by atoms with van der Waals surface area (Å²) >= 11 is 0. The first-order chi connectivity index (χ1) is 20.1. The van der Waals surface area contributed by atoms with E-state index in [-0.39, 0.29) is 0 Å². The van der Waals surface area contributed by atoms with Crippen LogP contribution in [0.3, 0.4) is 0 Å². The lowest BCUT2D eigenvalue weighted by Gasteiger charge is -2.28. The summed E-state index contributed by atoms with van der Waals surface area (Å²) in [6, 6.07) is 0.421. The Labute approximate surface area is 247 Å². The van der Waals surface area contributed by atoms with E-state index >= 15 is 4.39 Å². The Bertz CT molecular complexity index is 1320. The third kappa shape index (κ3) is 7.68. The minimum absolute atomic E-state index is 0.531. The van der Waals surface area contributed by atoms with Crippen LogP contribution in [0.25, 0.3) is 0 Å². The van der Waals surface area contributed by atoms with Gasteiger partial charge in [-0.05, 0) is 26.4 Å². The van der Waals surface area contributed by atoms with Gasteiger partial charge in [0, 0.05) is 12.3 Å². The topological polar surface area (TPSA) is 162 Å². The molecule has 0 spiro atoms. The number of halogens is 1. The fourth-order valence-electron chi connectivity index (χ4n) is 4.48. The van der Waals surface area contributed by atoms with Crippen molar-refractivity contribution >= 4 is 23.9 Å². The van der Waals surface area contributed by atoms with Crippen LogP contribution in [0.15, 0.2) is 21.9 Å². The van der Waals surface area contributed by atoms with Gasteiger partial charge in [0.15, 0.2) is 25.7 Å². The van der Waals surface area contributed by atoms with E-state index in [1.807, 2.05) is 0 Å².